The average Bonchev–Trinajstić information content (AvgIpc) is 2.16. The molecule has 0 spiro atoms. The van der Waals surface area contributed by atoms with E-state index in [1.807, 2.05) is 0 Å². The Bertz CT molecular complexity index is 420. The zero-order valence-electron chi connectivity index (χ0n) is 7.48. The Labute approximate surface area is 91.7 Å². The van der Waals surface area contributed by atoms with Crippen molar-refractivity contribution in [3.63, 3.8) is 0 Å². The SMILES string of the molecule is C/C=C/OS(=O)(=O)c1ccc(Br)cc1. The third-order valence-electron chi connectivity index (χ3n) is 1.42. The second-order valence-corrected chi connectivity index (χ2v) is 4.96. The number of allylic oxidation sites excluding steroid dienone is 1. The van der Waals surface area contributed by atoms with Gasteiger partial charge in [0.2, 0.25) is 0 Å². The molecule has 0 atom stereocenters. The molecule has 0 bridgehead atoms. The third kappa shape index (κ3) is 2.85. The lowest BCUT2D eigenvalue weighted by atomic mass is 10.4. The quantitative estimate of drug-likeness (QED) is 0.630. The minimum Gasteiger partial charge on any atom is -0.387 e. The molecule has 1 aromatic rings. The van der Waals surface area contributed by atoms with Crippen molar-refractivity contribution in [1.29, 1.82) is 0 Å². The normalized spacial score (nSPS) is 11.9. The lowest BCUT2D eigenvalue weighted by Crippen LogP contribution is -2.01. The van der Waals surface area contributed by atoms with Crippen LogP contribution in [0.25, 0.3) is 0 Å². The minimum atomic E-state index is -3.65. The second kappa shape index (κ2) is 4.61. The molecule has 0 unspecified atom stereocenters. The zero-order valence-corrected chi connectivity index (χ0v) is 9.88. The van der Waals surface area contributed by atoms with Gasteiger partial charge in [-0.1, -0.05) is 22.0 Å². The molecule has 0 aromatic heterocycles. The zero-order chi connectivity index (χ0) is 10.6. The van der Waals surface area contributed by atoms with Crippen LogP contribution >= 0.6 is 15.9 Å². The van der Waals surface area contributed by atoms with Gasteiger partial charge < -0.3 is 4.18 Å². The first-order valence-electron chi connectivity index (χ1n) is 3.86. The van der Waals surface area contributed by atoms with E-state index in [4.69, 9.17) is 0 Å². The van der Waals surface area contributed by atoms with Gasteiger partial charge >= 0.3 is 10.1 Å². The fourth-order valence-corrected chi connectivity index (χ4v) is 1.89. The highest BCUT2D eigenvalue weighted by Crippen LogP contribution is 2.16. The van der Waals surface area contributed by atoms with Crippen molar-refractivity contribution in [2.45, 2.75) is 11.8 Å². The van der Waals surface area contributed by atoms with E-state index in [9.17, 15) is 8.42 Å². The van der Waals surface area contributed by atoms with Crippen molar-refractivity contribution in [2.75, 3.05) is 0 Å². The molecule has 3 nitrogen and oxygen atoms in total. The molecule has 0 saturated carbocycles. The number of rotatable bonds is 3. The smallest absolute Gasteiger partial charge is 0.338 e. The van der Waals surface area contributed by atoms with Gasteiger partial charge in [0.05, 0.1) is 0 Å². The monoisotopic (exact) mass is 276 g/mol. The fraction of sp³-hybridized carbons (Fsp3) is 0.111. The summed E-state index contributed by atoms with van der Waals surface area (Å²) in [6.07, 6.45) is 2.65. The molecule has 0 aliphatic heterocycles. The van der Waals surface area contributed by atoms with Gasteiger partial charge in [-0.05, 0) is 31.2 Å². The van der Waals surface area contributed by atoms with Crippen LogP contribution in [0.15, 0.2) is 46.0 Å². The summed E-state index contributed by atoms with van der Waals surface area (Å²) in [4.78, 5) is 0.138. The van der Waals surface area contributed by atoms with Crippen LogP contribution in [-0.4, -0.2) is 8.42 Å². The lowest BCUT2D eigenvalue weighted by Gasteiger charge is -2.01. The van der Waals surface area contributed by atoms with Crippen molar-refractivity contribution in [2.24, 2.45) is 0 Å². The van der Waals surface area contributed by atoms with Crippen LogP contribution in [0, 0.1) is 0 Å². The van der Waals surface area contributed by atoms with Gasteiger partial charge in [-0.2, -0.15) is 8.42 Å². The topological polar surface area (TPSA) is 43.4 Å². The maximum atomic E-state index is 11.4. The summed E-state index contributed by atoms with van der Waals surface area (Å²) in [5.74, 6) is 0. The molecular formula is C9H9BrO3S. The van der Waals surface area contributed by atoms with E-state index >= 15 is 0 Å². The van der Waals surface area contributed by atoms with E-state index < -0.39 is 10.1 Å². The van der Waals surface area contributed by atoms with Gasteiger partial charge in [0, 0.05) is 4.47 Å². The van der Waals surface area contributed by atoms with Gasteiger partial charge in [0.1, 0.15) is 11.2 Å². The summed E-state index contributed by atoms with van der Waals surface area (Å²) < 4.78 is 28.2. The highest BCUT2D eigenvalue weighted by Gasteiger charge is 2.12. The standard InChI is InChI=1S/C9H9BrO3S/c1-2-7-13-14(11,12)9-5-3-8(10)4-6-9/h2-7H,1H3/b7-2+. The van der Waals surface area contributed by atoms with Gasteiger partial charge in [-0.25, -0.2) is 0 Å². The number of hydrogen-bond acceptors (Lipinski definition) is 3. The molecule has 1 aromatic carbocycles. The Morgan fingerprint density at radius 3 is 2.36 bits per heavy atom. The Morgan fingerprint density at radius 2 is 1.86 bits per heavy atom. The molecule has 1 rings (SSSR count). The number of halogens is 1. The first-order valence-corrected chi connectivity index (χ1v) is 6.06. The maximum absolute atomic E-state index is 11.4. The highest BCUT2D eigenvalue weighted by atomic mass is 79.9. The van der Waals surface area contributed by atoms with Gasteiger partial charge in [0.25, 0.3) is 0 Å². The van der Waals surface area contributed by atoms with Crippen LogP contribution in [0.5, 0.6) is 0 Å². The molecule has 5 heteroatoms. The minimum absolute atomic E-state index is 0.138. The van der Waals surface area contributed by atoms with Crippen molar-refractivity contribution in [3.8, 4) is 0 Å². The van der Waals surface area contributed by atoms with Crippen LogP contribution in [0.2, 0.25) is 0 Å². The molecule has 0 heterocycles. The van der Waals surface area contributed by atoms with E-state index in [-0.39, 0.29) is 4.90 Å². The highest BCUT2D eigenvalue weighted by molar-refractivity contribution is 9.10. The predicted octanol–water partition coefficient (Wildman–Crippen LogP) is 2.69. The Balaban J connectivity index is 2.99. The Hall–Kier alpha value is -0.810. The summed E-state index contributed by atoms with van der Waals surface area (Å²) in [5.41, 5.74) is 0. The second-order valence-electron chi connectivity index (χ2n) is 2.47. The maximum Gasteiger partial charge on any atom is 0.338 e. The molecule has 0 saturated heterocycles. The molecule has 0 aliphatic rings. The van der Waals surface area contributed by atoms with Crippen LogP contribution in [-0.2, 0) is 14.3 Å². The Morgan fingerprint density at radius 1 is 1.29 bits per heavy atom. The molecule has 14 heavy (non-hydrogen) atoms. The summed E-state index contributed by atoms with van der Waals surface area (Å²) >= 11 is 3.22. The molecule has 76 valence electrons. The predicted molar refractivity (Wildman–Crippen MR) is 57.2 cm³/mol. The van der Waals surface area contributed by atoms with E-state index in [1.54, 1.807) is 19.1 Å². The third-order valence-corrected chi connectivity index (χ3v) is 3.16. The molecule has 0 fully saturated rings. The molecule has 0 N–H and O–H groups in total. The van der Waals surface area contributed by atoms with E-state index in [0.29, 0.717) is 0 Å². The molecular weight excluding hydrogens is 268 g/mol. The van der Waals surface area contributed by atoms with Crippen molar-refractivity contribution < 1.29 is 12.6 Å². The molecule has 0 aliphatic carbocycles. The number of hydrogen-bond donors (Lipinski definition) is 0. The summed E-state index contributed by atoms with van der Waals surface area (Å²) in [6, 6.07) is 6.24. The molecule has 0 amide bonds. The van der Waals surface area contributed by atoms with E-state index in [0.717, 1.165) is 10.7 Å². The van der Waals surface area contributed by atoms with Crippen molar-refractivity contribution >= 4 is 26.0 Å². The van der Waals surface area contributed by atoms with Crippen molar-refractivity contribution in [1.82, 2.24) is 0 Å². The first-order chi connectivity index (χ1) is 6.56. The number of benzene rings is 1. The van der Waals surface area contributed by atoms with Crippen LogP contribution in [0.3, 0.4) is 0 Å². The summed E-state index contributed by atoms with van der Waals surface area (Å²) in [7, 11) is -3.65. The van der Waals surface area contributed by atoms with E-state index in [2.05, 4.69) is 20.1 Å². The average molecular weight is 277 g/mol. The van der Waals surface area contributed by atoms with E-state index in [1.165, 1.54) is 18.2 Å². The summed E-state index contributed by atoms with van der Waals surface area (Å²) in [5, 5.41) is 0. The van der Waals surface area contributed by atoms with Crippen LogP contribution in [0.1, 0.15) is 6.92 Å². The molecule has 0 radical (unpaired) electrons. The van der Waals surface area contributed by atoms with Gasteiger partial charge in [0.15, 0.2) is 0 Å². The van der Waals surface area contributed by atoms with Gasteiger partial charge in [-0.3, -0.25) is 0 Å². The van der Waals surface area contributed by atoms with Crippen LogP contribution < -0.4 is 0 Å². The van der Waals surface area contributed by atoms with Gasteiger partial charge in [-0.15, -0.1) is 0 Å². The first kappa shape index (κ1) is 11.3. The Kier molecular flexibility index (Phi) is 3.71. The fourth-order valence-electron chi connectivity index (χ4n) is 0.786. The summed E-state index contributed by atoms with van der Waals surface area (Å²) in [6.45, 7) is 1.68. The lowest BCUT2D eigenvalue weighted by molar-refractivity contribution is 0.443. The van der Waals surface area contributed by atoms with Crippen molar-refractivity contribution in [3.05, 3.63) is 41.1 Å². The van der Waals surface area contributed by atoms with Crippen LogP contribution in [0.4, 0.5) is 0 Å². The largest absolute Gasteiger partial charge is 0.387 e.